The molecule has 1 aromatic carbocycles. The Kier molecular flexibility index (Phi) is 2.81. The molecular formula is C15H16ClIO. The Morgan fingerprint density at radius 2 is 2.06 bits per heavy atom. The van der Waals surface area contributed by atoms with E-state index < -0.39 is 0 Å². The molecule has 3 unspecified atom stereocenters. The lowest BCUT2D eigenvalue weighted by Crippen LogP contribution is -2.02. The molecule has 1 nitrogen and oxygen atoms in total. The summed E-state index contributed by atoms with van der Waals surface area (Å²) in [6.45, 7) is 0.823. The Morgan fingerprint density at radius 1 is 1.28 bits per heavy atom. The minimum atomic E-state index is 0.168. The third-order valence-corrected chi connectivity index (χ3v) is 6.03. The van der Waals surface area contributed by atoms with Crippen molar-refractivity contribution in [3.63, 3.8) is 0 Å². The van der Waals surface area contributed by atoms with Crippen LogP contribution in [0.15, 0.2) is 12.1 Å². The normalized spacial score (nSPS) is 33.8. The summed E-state index contributed by atoms with van der Waals surface area (Å²) in [6.07, 6.45) is 5.24. The van der Waals surface area contributed by atoms with Crippen molar-refractivity contribution in [2.24, 2.45) is 17.8 Å². The number of fused-ring (bicyclic) bond motifs is 2. The molecule has 2 fully saturated rings. The van der Waals surface area contributed by atoms with Crippen molar-refractivity contribution in [3.05, 3.63) is 26.8 Å². The first kappa shape index (κ1) is 11.8. The van der Waals surface area contributed by atoms with Crippen LogP contribution in [-0.2, 0) is 6.42 Å². The fraction of sp³-hybridized carbons (Fsp3) is 0.600. The molecule has 0 N–H and O–H groups in total. The maximum absolute atomic E-state index is 6.78. The van der Waals surface area contributed by atoms with Crippen LogP contribution in [0.2, 0.25) is 0 Å². The summed E-state index contributed by atoms with van der Waals surface area (Å²) in [6, 6.07) is 4.47. The van der Waals surface area contributed by atoms with Gasteiger partial charge in [-0.3, -0.25) is 0 Å². The number of hydrogen-bond donors (Lipinski definition) is 0. The highest BCUT2D eigenvalue weighted by Crippen LogP contribution is 2.64. The van der Waals surface area contributed by atoms with Gasteiger partial charge in [-0.25, -0.2) is 0 Å². The van der Waals surface area contributed by atoms with Crippen molar-refractivity contribution in [3.8, 4) is 5.75 Å². The zero-order valence-corrected chi connectivity index (χ0v) is 13.1. The lowest BCUT2D eigenvalue weighted by molar-refractivity contribution is 0.351. The Labute approximate surface area is 126 Å². The van der Waals surface area contributed by atoms with Crippen molar-refractivity contribution in [1.29, 1.82) is 0 Å². The first-order valence-corrected chi connectivity index (χ1v) is 8.36. The molecule has 3 atom stereocenters. The maximum Gasteiger partial charge on any atom is 0.127 e. The van der Waals surface area contributed by atoms with E-state index in [2.05, 4.69) is 34.7 Å². The third-order valence-electron chi connectivity index (χ3n) is 4.88. The van der Waals surface area contributed by atoms with Gasteiger partial charge in [0, 0.05) is 15.6 Å². The van der Waals surface area contributed by atoms with Gasteiger partial charge < -0.3 is 4.74 Å². The second kappa shape index (κ2) is 4.27. The van der Waals surface area contributed by atoms with Crippen molar-refractivity contribution in [2.75, 3.05) is 6.61 Å². The minimum absolute atomic E-state index is 0.168. The van der Waals surface area contributed by atoms with Gasteiger partial charge in [-0.15, -0.1) is 11.6 Å². The minimum Gasteiger partial charge on any atom is -0.493 e. The van der Waals surface area contributed by atoms with Crippen LogP contribution in [0.4, 0.5) is 0 Å². The Bertz CT molecular complexity index is 492. The SMILES string of the molecule is ClC(c1cc(I)cc2c1OCC2)C1C2CCCC21. The molecule has 2 saturated carbocycles. The molecule has 0 radical (unpaired) electrons. The highest BCUT2D eigenvalue weighted by molar-refractivity contribution is 14.1. The summed E-state index contributed by atoms with van der Waals surface area (Å²) in [5, 5.41) is 0.168. The quantitative estimate of drug-likeness (QED) is 0.545. The molecule has 0 aromatic heterocycles. The molecule has 0 amide bonds. The van der Waals surface area contributed by atoms with Gasteiger partial charge in [0.05, 0.1) is 12.0 Å². The van der Waals surface area contributed by atoms with E-state index in [4.69, 9.17) is 16.3 Å². The second-order valence-corrected chi connectivity index (χ2v) is 7.54. The van der Waals surface area contributed by atoms with Gasteiger partial charge in [0.25, 0.3) is 0 Å². The predicted molar refractivity (Wildman–Crippen MR) is 81.3 cm³/mol. The molecule has 96 valence electrons. The van der Waals surface area contributed by atoms with Gasteiger partial charge in [-0.05, 0) is 70.9 Å². The van der Waals surface area contributed by atoms with Gasteiger partial charge in [-0.2, -0.15) is 0 Å². The van der Waals surface area contributed by atoms with Crippen molar-refractivity contribution < 1.29 is 4.74 Å². The predicted octanol–water partition coefficient (Wildman–Crippen LogP) is 4.55. The molecule has 3 aliphatic rings. The fourth-order valence-electron chi connectivity index (χ4n) is 4.02. The Hall–Kier alpha value is 0.0400. The van der Waals surface area contributed by atoms with E-state index in [9.17, 15) is 0 Å². The van der Waals surface area contributed by atoms with Gasteiger partial charge >= 0.3 is 0 Å². The Morgan fingerprint density at radius 3 is 2.83 bits per heavy atom. The monoisotopic (exact) mass is 374 g/mol. The van der Waals surface area contributed by atoms with E-state index in [0.29, 0.717) is 5.92 Å². The number of rotatable bonds is 2. The van der Waals surface area contributed by atoms with E-state index in [-0.39, 0.29) is 5.38 Å². The van der Waals surface area contributed by atoms with Crippen molar-refractivity contribution in [2.45, 2.75) is 31.1 Å². The highest BCUT2D eigenvalue weighted by atomic mass is 127. The number of halogens is 2. The van der Waals surface area contributed by atoms with Gasteiger partial charge in [0.15, 0.2) is 0 Å². The van der Waals surface area contributed by atoms with Crippen LogP contribution in [-0.4, -0.2) is 6.61 Å². The molecule has 0 saturated heterocycles. The summed E-state index contributed by atoms with van der Waals surface area (Å²) >= 11 is 9.17. The van der Waals surface area contributed by atoms with Gasteiger partial charge in [0.1, 0.15) is 5.75 Å². The maximum atomic E-state index is 6.78. The lowest BCUT2D eigenvalue weighted by atomic mass is 9.99. The van der Waals surface area contributed by atoms with Gasteiger partial charge in [-0.1, -0.05) is 6.42 Å². The van der Waals surface area contributed by atoms with E-state index in [0.717, 1.165) is 30.6 Å². The average Bonchev–Trinajstić information content (AvgIpc) is 2.76. The van der Waals surface area contributed by atoms with E-state index in [1.807, 2.05) is 0 Å². The summed E-state index contributed by atoms with van der Waals surface area (Å²) in [4.78, 5) is 0. The molecule has 1 heterocycles. The molecule has 2 aliphatic carbocycles. The zero-order chi connectivity index (χ0) is 12.3. The van der Waals surface area contributed by atoms with E-state index in [1.165, 1.54) is 34.0 Å². The third kappa shape index (κ3) is 1.71. The molecule has 18 heavy (non-hydrogen) atoms. The first-order valence-electron chi connectivity index (χ1n) is 6.85. The molecule has 0 spiro atoms. The van der Waals surface area contributed by atoms with Crippen LogP contribution in [0.1, 0.15) is 35.8 Å². The van der Waals surface area contributed by atoms with Crippen LogP contribution >= 0.6 is 34.2 Å². The largest absolute Gasteiger partial charge is 0.493 e. The molecular weight excluding hydrogens is 359 g/mol. The summed E-state index contributed by atoms with van der Waals surface area (Å²) in [7, 11) is 0. The molecule has 4 rings (SSSR count). The second-order valence-electron chi connectivity index (χ2n) is 5.82. The van der Waals surface area contributed by atoms with Crippen molar-refractivity contribution >= 4 is 34.2 Å². The Balaban J connectivity index is 1.68. The molecule has 0 bridgehead atoms. The standard InChI is InChI=1S/C15H16ClIO/c16-14(13-10-2-1-3-11(10)13)12-7-9(17)6-8-4-5-18-15(8)12/h6-7,10-11,13-14H,1-5H2. The van der Waals surface area contributed by atoms with Crippen LogP contribution < -0.4 is 4.74 Å². The number of hydrogen-bond acceptors (Lipinski definition) is 1. The summed E-state index contributed by atoms with van der Waals surface area (Å²) < 4.78 is 7.11. The number of benzene rings is 1. The van der Waals surface area contributed by atoms with Gasteiger partial charge in [0.2, 0.25) is 0 Å². The smallest absolute Gasteiger partial charge is 0.127 e. The van der Waals surface area contributed by atoms with E-state index in [1.54, 1.807) is 0 Å². The first-order chi connectivity index (χ1) is 8.75. The van der Waals surface area contributed by atoms with Crippen LogP contribution in [0.25, 0.3) is 0 Å². The van der Waals surface area contributed by atoms with Crippen molar-refractivity contribution in [1.82, 2.24) is 0 Å². The summed E-state index contributed by atoms with van der Waals surface area (Å²) in [5.74, 6) is 3.62. The molecule has 1 aliphatic heterocycles. The van der Waals surface area contributed by atoms with Crippen LogP contribution in [0.5, 0.6) is 5.75 Å². The summed E-state index contributed by atoms with van der Waals surface area (Å²) in [5.41, 5.74) is 2.61. The highest BCUT2D eigenvalue weighted by Gasteiger charge is 2.56. The number of ether oxygens (including phenoxy) is 1. The van der Waals surface area contributed by atoms with E-state index >= 15 is 0 Å². The van der Waals surface area contributed by atoms with Crippen LogP contribution in [0, 0.1) is 21.3 Å². The average molecular weight is 375 g/mol. The topological polar surface area (TPSA) is 9.23 Å². The molecule has 3 heteroatoms. The number of alkyl halides is 1. The zero-order valence-electron chi connectivity index (χ0n) is 10.2. The van der Waals surface area contributed by atoms with Crippen LogP contribution in [0.3, 0.4) is 0 Å². The fourth-order valence-corrected chi connectivity index (χ4v) is 5.27. The molecule has 1 aromatic rings. The lowest BCUT2D eigenvalue weighted by Gasteiger charge is -2.16.